The van der Waals surface area contributed by atoms with Crippen molar-refractivity contribution in [1.29, 1.82) is 0 Å². The summed E-state index contributed by atoms with van der Waals surface area (Å²) in [6.07, 6.45) is 1.93. The van der Waals surface area contributed by atoms with Crippen LogP contribution in [-0.4, -0.2) is 35.1 Å². The molecule has 2 aromatic rings. The van der Waals surface area contributed by atoms with Crippen LogP contribution in [0.4, 0.5) is 0 Å². The number of hydrogen-bond acceptors (Lipinski definition) is 3. The van der Waals surface area contributed by atoms with Gasteiger partial charge in [0.05, 0.1) is 5.75 Å². The van der Waals surface area contributed by atoms with Gasteiger partial charge in [0.1, 0.15) is 6.04 Å². The molecule has 0 spiro atoms. The Morgan fingerprint density at radius 1 is 1.14 bits per heavy atom. The summed E-state index contributed by atoms with van der Waals surface area (Å²) in [5, 5.41) is 3.59. The summed E-state index contributed by atoms with van der Waals surface area (Å²) in [6, 6.07) is 14.6. The highest BCUT2D eigenvalue weighted by molar-refractivity contribution is 9.10. The second-order valence-corrected chi connectivity index (χ2v) is 9.11. The third kappa shape index (κ3) is 8.03. The van der Waals surface area contributed by atoms with Crippen molar-refractivity contribution < 1.29 is 9.59 Å². The van der Waals surface area contributed by atoms with Gasteiger partial charge in [-0.2, -0.15) is 0 Å². The van der Waals surface area contributed by atoms with Gasteiger partial charge in [-0.1, -0.05) is 53.0 Å². The van der Waals surface area contributed by atoms with Gasteiger partial charge in [-0.05, 0) is 55.3 Å². The number of thioether (sulfide) groups is 1. The van der Waals surface area contributed by atoms with Gasteiger partial charge in [0.2, 0.25) is 11.8 Å². The van der Waals surface area contributed by atoms with E-state index in [1.807, 2.05) is 36.4 Å². The van der Waals surface area contributed by atoms with E-state index in [2.05, 4.69) is 28.2 Å². The first-order valence-corrected chi connectivity index (χ1v) is 11.8. The van der Waals surface area contributed by atoms with E-state index in [0.29, 0.717) is 18.1 Å². The largest absolute Gasteiger partial charge is 0.354 e. The van der Waals surface area contributed by atoms with Crippen LogP contribution < -0.4 is 5.32 Å². The zero-order chi connectivity index (χ0) is 21.2. The molecular weight excluding hydrogens is 472 g/mol. The van der Waals surface area contributed by atoms with E-state index in [0.717, 1.165) is 27.8 Å². The highest BCUT2D eigenvalue weighted by Crippen LogP contribution is 2.22. The maximum Gasteiger partial charge on any atom is 0.242 e. The molecule has 0 saturated heterocycles. The third-order valence-corrected chi connectivity index (χ3v) is 6.22. The number of carbonyl (C=O) groups excluding carboxylic acids is 2. The summed E-state index contributed by atoms with van der Waals surface area (Å²) >= 11 is 10.8. The van der Waals surface area contributed by atoms with Gasteiger partial charge in [-0.25, -0.2) is 0 Å². The molecule has 4 nitrogen and oxygen atoms in total. The SMILES string of the molecule is CCCCNC(=O)[C@@H](C)N(Cc1ccc(Br)cc1)C(=O)CSc1ccc(Cl)cc1. The zero-order valence-corrected chi connectivity index (χ0v) is 19.8. The van der Waals surface area contributed by atoms with Gasteiger partial charge in [0, 0.05) is 27.5 Å². The van der Waals surface area contributed by atoms with E-state index in [1.165, 1.54) is 11.8 Å². The van der Waals surface area contributed by atoms with E-state index in [4.69, 9.17) is 11.6 Å². The first kappa shape index (κ1) is 23.8. The van der Waals surface area contributed by atoms with Gasteiger partial charge in [0.15, 0.2) is 0 Å². The minimum absolute atomic E-state index is 0.0778. The monoisotopic (exact) mass is 496 g/mol. The number of hydrogen-bond donors (Lipinski definition) is 1. The molecule has 0 heterocycles. The van der Waals surface area contributed by atoms with Gasteiger partial charge < -0.3 is 10.2 Å². The second-order valence-electron chi connectivity index (χ2n) is 6.71. The van der Waals surface area contributed by atoms with Crippen LogP contribution in [-0.2, 0) is 16.1 Å². The molecule has 0 fully saturated rings. The smallest absolute Gasteiger partial charge is 0.242 e. The van der Waals surface area contributed by atoms with Crippen LogP contribution in [0.1, 0.15) is 32.3 Å². The lowest BCUT2D eigenvalue weighted by Crippen LogP contribution is -2.48. The van der Waals surface area contributed by atoms with Gasteiger partial charge in [0.25, 0.3) is 0 Å². The summed E-state index contributed by atoms with van der Waals surface area (Å²) in [4.78, 5) is 28.2. The maximum absolute atomic E-state index is 13.0. The summed E-state index contributed by atoms with van der Waals surface area (Å²) in [5.74, 6) is 0.0523. The molecule has 29 heavy (non-hydrogen) atoms. The van der Waals surface area contributed by atoms with Crippen LogP contribution in [0.5, 0.6) is 0 Å². The number of amides is 2. The number of halogens is 2. The predicted molar refractivity (Wildman–Crippen MR) is 124 cm³/mol. The van der Waals surface area contributed by atoms with E-state index in [1.54, 1.807) is 24.0 Å². The molecule has 2 amide bonds. The Balaban J connectivity index is 2.08. The van der Waals surface area contributed by atoms with Crippen LogP contribution in [0.15, 0.2) is 57.9 Å². The fourth-order valence-electron chi connectivity index (χ4n) is 2.66. The predicted octanol–water partition coefficient (Wildman–Crippen LogP) is 5.53. The molecular formula is C22H26BrClN2O2S. The number of nitrogens with one attached hydrogen (secondary N) is 1. The number of nitrogens with zero attached hydrogens (tertiary/aromatic N) is 1. The van der Waals surface area contributed by atoms with Crippen LogP contribution in [0.2, 0.25) is 5.02 Å². The highest BCUT2D eigenvalue weighted by atomic mass is 79.9. The minimum atomic E-state index is -0.547. The van der Waals surface area contributed by atoms with E-state index >= 15 is 0 Å². The first-order valence-electron chi connectivity index (χ1n) is 9.60. The lowest BCUT2D eigenvalue weighted by molar-refractivity contribution is -0.138. The molecule has 0 aliphatic rings. The van der Waals surface area contributed by atoms with Gasteiger partial charge in [-0.3, -0.25) is 9.59 Å². The maximum atomic E-state index is 13.0. The van der Waals surface area contributed by atoms with E-state index < -0.39 is 6.04 Å². The summed E-state index contributed by atoms with van der Waals surface area (Å²) in [5.41, 5.74) is 0.978. The standard InChI is InChI=1S/C22H26BrClN2O2S/c1-3-4-13-25-22(28)16(2)26(14-17-5-7-18(23)8-6-17)21(27)15-29-20-11-9-19(24)10-12-20/h5-12,16H,3-4,13-15H2,1-2H3,(H,25,28)/t16-/m1/s1. The Morgan fingerprint density at radius 2 is 1.79 bits per heavy atom. The van der Waals surface area contributed by atoms with Crippen molar-refractivity contribution in [2.45, 2.75) is 44.2 Å². The molecule has 0 aliphatic carbocycles. The van der Waals surface area contributed by atoms with Crippen molar-refractivity contribution in [3.8, 4) is 0 Å². The summed E-state index contributed by atoms with van der Waals surface area (Å²) in [7, 11) is 0. The zero-order valence-electron chi connectivity index (χ0n) is 16.7. The quantitative estimate of drug-likeness (QED) is 0.347. The number of benzene rings is 2. The molecule has 0 radical (unpaired) electrons. The summed E-state index contributed by atoms with van der Waals surface area (Å²) in [6.45, 7) is 4.87. The Bertz CT molecular complexity index is 799. The molecule has 0 unspecified atom stereocenters. The lowest BCUT2D eigenvalue weighted by Gasteiger charge is -2.29. The van der Waals surface area contributed by atoms with Crippen LogP contribution in [0, 0.1) is 0 Å². The van der Waals surface area contributed by atoms with Crippen molar-refractivity contribution in [2.75, 3.05) is 12.3 Å². The molecule has 7 heteroatoms. The fraction of sp³-hybridized carbons (Fsp3) is 0.364. The third-order valence-electron chi connectivity index (χ3n) is 4.44. The number of rotatable bonds is 10. The number of unbranched alkanes of at least 4 members (excludes halogenated alkanes) is 1. The Labute approximate surface area is 190 Å². The van der Waals surface area contributed by atoms with Gasteiger partial charge in [-0.15, -0.1) is 11.8 Å². The lowest BCUT2D eigenvalue weighted by atomic mass is 10.1. The minimum Gasteiger partial charge on any atom is -0.354 e. The Hall–Kier alpha value is -1.50. The average Bonchev–Trinajstić information content (AvgIpc) is 2.72. The Kier molecular flexibility index (Phi) is 10.0. The van der Waals surface area contributed by atoms with Crippen molar-refractivity contribution in [1.82, 2.24) is 10.2 Å². The normalized spacial score (nSPS) is 11.7. The second kappa shape index (κ2) is 12.3. The van der Waals surface area contributed by atoms with Crippen molar-refractivity contribution in [2.24, 2.45) is 0 Å². The molecule has 156 valence electrons. The molecule has 2 rings (SSSR count). The van der Waals surface area contributed by atoms with Crippen molar-refractivity contribution in [3.05, 3.63) is 63.6 Å². The molecule has 0 aliphatic heterocycles. The fourth-order valence-corrected chi connectivity index (χ4v) is 3.84. The molecule has 0 bridgehead atoms. The van der Waals surface area contributed by atoms with E-state index in [-0.39, 0.29) is 17.6 Å². The van der Waals surface area contributed by atoms with E-state index in [9.17, 15) is 9.59 Å². The topological polar surface area (TPSA) is 49.4 Å². The summed E-state index contributed by atoms with van der Waals surface area (Å²) < 4.78 is 0.975. The first-order chi connectivity index (χ1) is 13.9. The molecule has 0 aromatic heterocycles. The Morgan fingerprint density at radius 3 is 2.41 bits per heavy atom. The van der Waals surface area contributed by atoms with Crippen LogP contribution in [0.25, 0.3) is 0 Å². The highest BCUT2D eigenvalue weighted by Gasteiger charge is 2.26. The number of carbonyl (C=O) groups is 2. The van der Waals surface area contributed by atoms with Crippen LogP contribution >= 0.6 is 39.3 Å². The molecule has 2 aromatic carbocycles. The van der Waals surface area contributed by atoms with Crippen molar-refractivity contribution in [3.63, 3.8) is 0 Å². The van der Waals surface area contributed by atoms with Gasteiger partial charge >= 0.3 is 0 Å². The molecule has 1 atom stereocenters. The van der Waals surface area contributed by atoms with Crippen LogP contribution in [0.3, 0.4) is 0 Å². The average molecular weight is 498 g/mol. The van der Waals surface area contributed by atoms with Crippen molar-refractivity contribution >= 4 is 51.1 Å². The molecule has 0 saturated carbocycles. The molecule has 1 N–H and O–H groups in total.